The van der Waals surface area contributed by atoms with Crippen LogP contribution >= 0.6 is 0 Å². The lowest BCUT2D eigenvalue weighted by molar-refractivity contribution is 0.103. The average Bonchev–Trinajstić information content (AvgIpc) is 1.56. The Kier molecular flexibility index (Phi) is 21.4. The molecule has 0 saturated carbocycles. The quantitative estimate of drug-likeness (QED) is 0.0229. The van der Waals surface area contributed by atoms with Crippen molar-refractivity contribution in [1.82, 2.24) is 30.0 Å². The number of fused-ring (bicyclic) bond motifs is 3. The van der Waals surface area contributed by atoms with Gasteiger partial charge < -0.3 is 19.3 Å². The topological polar surface area (TPSA) is 121 Å². The predicted octanol–water partition coefficient (Wildman–Crippen LogP) is 21.1. The normalized spacial score (nSPS) is 12.2. The summed E-state index contributed by atoms with van der Waals surface area (Å²) < 4.78 is 16.2. The van der Waals surface area contributed by atoms with Crippen LogP contribution in [0.25, 0.3) is 23.3 Å². The molecule has 0 amide bonds. The van der Waals surface area contributed by atoms with Crippen LogP contribution in [0, 0.1) is 0 Å². The first-order chi connectivity index (χ1) is 48.7. The number of para-hydroxylation sites is 4. The fourth-order valence-electron chi connectivity index (χ4n) is 13.4. The minimum Gasteiger partial charge on any atom is -0.487 e. The molecule has 99 heavy (non-hydrogen) atoms. The fraction of sp³-hybridized carbons (Fsp3) is 0.195. The molecule has 12 nitrogen and oxygen atoms in total. The van der Waals surface area contributed by atoms with Gasteiger partial charge in [-0.1, -0.05) is 221 Å². The highest BCUT2D eigenvalue weighted by molar-refractivity contribution is 6.07. The van der Waals surface area contributed by atoms with Crippen molar-refractivity contribution < 1.29 is 19.1 Å². The van der Waals surface area contributed by atoms with Gasteiger partial charge in [-0.15, -0.1) is 10.2 Å². The summed E-state index contributed by atoms with van der Waals surface area (Å²) in [5.74, 6) is 1.10. The van der Waals surface area contributed by atoms with Crippen molar-refractivity contribution in [3.8, 4) is 22.6 Å². The summed E-state index contributed by atoms with van der Waals surface area (Å²) in [6.07, 6.45) is 22.5. The molecular weight excluding hydrogens is 1220 g/mol. The van der Waals surface area contributed by atoms with E-state index < -0.39 is 0 Å². The Morgan fingerprint density at radius 2 is 0.758 bits per heavy atom. The molecule has 12 aromatic rings. The van der Waals surface area contributed by atoms with Gasteiger partial charge in [-0.2, -0.15) is 0 Å². The van der Waals surface area contributed by atoms with Gasteiger partial charge >= 0.3 is 0 Å². The number of unbranched alkanes of at least 4 members (excludes halogenated alkanes) is 6. The number of hydrogen-bond acceptors (Lipinski definition) is 10. The summed E-state index contributed by atoms with van der Waals surface area (Å²) in [6.45, 7) is 6.18. The lowest BCUT2D eigenvalue weighted by Crippen LogP contribution is -2.26. The van der Waals surface area contributed by atoms with Gasteiger partial charge in [0.15, 0.2) is 11.6 Å². The van der Waals surface area contributed by atoms with E-state index in [2.05, 4.69) is 153 Å². The molecule has 0 aliphatic heterocycles. The van der Waals surface area contributed by atoms with Crippen LogP contribution in [0.2, 0.25) is 0 Å². The van der Waals surface area contributed by atoms with Crippen LogP contribution in [-0.4, -0.2) is 41.6 Å². The summed E-state index contributed by atoms with van der Waals surface area (Å²) in [4.78, 5) is 31.1. The van der Waals surface area contributed by atoms with Gasteiger partial charge in [-0.05, 0) is 191 Å². The molecule has 0 atom stereocenters. The van der Waals surface area contributed by atoms with Crippen molar-refractivity contribution in [1.29, 1.82) is 0 Å². The smallest absolute Gasteiger partial charge is 0.185 e. The van der Waals surface area contributed by atoms with Crippen LogP contribution in [-0.2, 0) is 31.7 Å². The maximum atomic E-state index is 13.3. The van der Waals surface area contributed by atoms with Gasteiger partial charge in [0.2, 0.25) is 0 Å². The van der Waals surface area contributed by atoms with Crippen molar-refractivity contribution in [3.05, 3.63) is 335 Å². The molecule has 1 aliphatic rings. The zero-order valence-electron chi connectivity index (χ0n) is 56.3. The third kappa shape index (κ3) is 16.3. The molecule has 0 fully saturated rings. The average molecular weight is 1300 g/mol. The first-order valence-corrected chi connectivity index (χ1v) is 34.7. The number of benzene rings is 10. The lowest BCUT2D eigenvalue weighted by Gasteiger charge is -2.33. The second kappa shape index (κ2) is 32.0. The van der Waals surface area contributed by atoms with Gasteiger partial charge in [0.1, 0.15) is 36.1 Å². The molecule has 0 radical (unpaired) electrons. The van der Waals surface area contributed by atoms with E-state index in [0.29, 0.717) is 47.1 Å². The van der Waals surface area contributed by atoms with E-state index in [-0.39, 0.29) is 30.2 Å². The van der Waals surface area contributed by atoms with Crippen molar-refractivity contribution in [2.45, 2.75) is 110 Å². The number of allylic oxidation sites excluding steroid dienone is 2. The molecule has 0 spiro atoms. The molecule has 0 saturated heterocycles. The van der Waals surface area contributed by atoms with Crippen molar-refractivity contribution in [2.75, 3.05) is 9.80 Å². The van der Waals surface area contributed by atoms with Crippen LogP contribution in [0.15, 0.2) is 279 Å². The summed E-state index contributed by atoms with van der Waals surface area (Å²) >= 11 is 0. The van der Waals surface area contributed by atoms with Crippen LogP contribution in [0.5, 0.6) is 11.5 Å². The highest BCUT2D eigenvalue weighted by Crippen LogP contribution is 2.55. The van der Waals surface area contributed by atoms with Crippen LogP contribution in [0.4, 0.5) is 34.1 Å². The highest BCUT2D eigenvalue weighted by atomic mass is 16.5. The first kappa shape index (κ1) is 66.1. The first-order valence-electron chi connectivity index (χ1n) is 34.7. The Morgan fingerprint density at radius 3 is 1.11 bits per heavy atom. The second-order valence-electron chi connectivity index (χ2n) is 25.5. The van der Waals surface area contributed by atoms with Gasteiger partial charge in [0.25, 0.3) is 0 Å². The maximum absolute atomic E-state index is 13.3. The standard InChI is InChI=1S/C87H82N8O4/c1-3-5-7-21-55-87(56-22-8-6-4-2)83-57-67(59-92-61-71(88-90-92)63-98-79-47-39-69(40-48-79)85(96)53-37-65-31-43-77(44-32-65)94(73-23-13-9-14-24-73)74-25-15-10-16-26-74)35-51-81(83)82-52-36-68(58-84(82)87)60-93-62-72(89-91-93)64-99-80-49-41-70(42-50-80)86(97)54-38-66-33-45-78(46-34-66)95(75-27-17-11-18-28-75)76-29-19-12-20-30-76/h9-20,23-54,57-58,61-62H,3-8,21-22,55-56,59-60,63-64H2,1-2H3/b53-37+,54-38+. The van der Waals surface area contributed by atoms with E-state index >= 15 is 0 Å². The van der Waals surface area contributed by atoms with Gasteiger partial charge in [-0.3, -0.25) is 9.59 Å². The number of ketones is 2. The van der Waals surface area contributed by atoms with Gasteiger partial charge in [-0.25, -0.2) is 9.36 Å². The largest absolute Gasteiger partial charge is 0.487 e. The Bertz CT molecular complexity index is 4290. The molecule has 2 heterocycles. The van der Waals surface area contributed by atoms with Crippen molar-refractivity contribution in [3.63, 3.8) is 0 Å². The number of nitrogens with zero attached hydrogens (tertiary/aromatic N) is 8. The molecule has 1 aliphatic carbocycles. The Hall–Kier alpha value is -11.5. The molecule has 0 N–H and O–H groups in total. The highest BCUT2D eigenvalue weighted by Gasteiger charge is 2.42. The van der Waals surface area contributed by atoms with E-state index in [1.165, 1.54) is 71.9 Å². The molecule has 494 valence electrons. The number of carbonyl (C=O) groups is 2. The number of rotatable bonds is 32. The predicted molar refractivity (Wildman–Crippen MR) is 399 cm³/mol. The third-order valence-corrected chi connectivity index (χ3v) is 18.5. The van der Waals surface area contributed by atoms with E-state index in [1.807, 2.05) is 155 Å². The number of anilines is 6. The van der Waals surface area contributed by atoms with Crippen molar-refractivity contribution >= 4 is 57.8 Å². The molecule has 12 heteroatoms. The Balaban J connectivity index is 0.625. The molecule has 13 rings (SSSR count). The third-order valence-electron chi connectivity index (χ3n) is 18.5. The summed E-state index contributed by atoms with van der Waals surface area (Å²) in [6, 6.07) is 86.2. The van der Waals surface area contributed by atoms with Gasteiger partial charge in [0, 0.05) is 50.7 Å². The second-order valence-corrected chi connectivity index (χ2v) is 25.5. The summed E-state index contributed by atoms with van der Waals surface area (Å²) in [5.41, 5.74) is 18.4. The molecule has 0 bridgehead atoms. The zero-order valence-corrected chi connectivity index (χ0v) is 56.3. The monoisotopic (exact) mass is 1300 g/mol. The number of hydrogen-bond donors (Lipinski definition) is 0. The van der Waals surface area contributed by atoms with E-state index in [1.54, 1.807) is 36.4 Å². The maximum Gasteiger partial charge on any atom is 0.185 e. The zero-order chi connectivity index (χ0) is 67.6. The van der Waals surface area contributed by atoms with E-state index in [0.717, 1.165) is 70.9 Å². The molecular formula is C87H82N8O4. The number of carbonyl (C=O) groups excluding carboxylic acids is 2. The minimum absolute atomic E-state index is 0.0909. The van der Waals surface area contributed by atoms with Crippen LogP contribution < -0.4 is 19.3 Å². The summed E-state index contributed by atoms with van der Waals surface area (Å²) in [5, 5.41) is 18.2. The molecule has 10 aromatic carbocycles. The molecule has 2 aromatic heterocycles. The Morgan fingerprint density at radius 1 is 0.404 bits per heavy atom. The van der Waals surface area contributed by atoms with Crippen LogP contribution in [0.1, 0.15) is 144 Å². The SMILES string of the molecule is CCCCCCC1(CCCCCC)c2cc(Cn3cc(COc4ccc(C(=O)/C=C/c5ccc(N(c6ccccc6)c6ccccc6)cc5)cc4)nn3)ccc2-c2ccc(Cn3cc(COc4ccc(C(=O)/C=C/c5ccc(N(c6ccccc6)c6ccccc6)cc5)cc4)nn3)cc21. The molecule has 0 unspecified atom stereocenters. The number of ether oxygens (including phenoxy) is 2. The van der Waals surface area contributed by atoms with Crippen LogP contribution in [0.3, 0.4) is 0 Å². The van der Waals surface area contributed by atoms with E-state index in [4.69, 9.17) is 9.47 Å². The van der Waals surface area contributed by atoms with Gasteiger partial charge in [0.05, 0.1) is 25.5 Å². The fourth-order valence-corrected chi connectivity index (χ4v) is 13.4. The number of aromatic nitrogens is 6. The van der Waals surface area contributed by atoms with E-state index in [9.17, 15) is 9.59 Å². The lowest BCUT2D eigenvalue weighted by atomic mass is 9.70. The summed E-state index contributed by atoms with van der Waals surface area (Å²) in [7, 11) is 0. The minimum atomic E-state index is -0.143. The van der Waals surface area contributed by atoms with Crippen molar-refractivity contribution in [2.24, 2.45) is 0 Å². The Labute approximate surface area is 581 Å².